The number of aromatic nitrogens is 2. The Labute approximate surface area is 132 Å². The predicted octanol–water partition coefficient (Wildman–Crippen LogP) is 2.54. The van der Waals surface area contributed by atoms with Crippen LogP contribution in [-0.4, -0.2) is 51.8 Å². The van der Waals surface area contributed by atoms with E-state index in [9.17, 15) is 0 Å². The lowest BCUT2D eigenvalue weighted by Gasteiger charge is -2.25. The first-order chi connectivity index (χ1) is 10.9. The minimum atomic E-state index is 0.797. The van der Waals surface area contributed by atoms with Gasteiger partial charge >= 0.3 is 0 Å². The van der Waals surface area contributed by atoms with Crippen LogP contribution in [-0.2, 0) is 6.54 Å². The molecular formula is C18H24N4. The monoisotopic (exact) mass is 296 g/mol. The summed E-state index contributed by atoms with van der Waals surface area (Å²) in [5.74, 6) is 0. The number of hydrogen-bond donors (Lipinski definition) is 0. The molecule has 0 amide bonds. The van der Waals surface area contributed by atoms with E-state index in [1.807, 2.05) is 23.1 Å². The van der Waals surface area contributed by atoms with Crippen LogP contribution in [0.1, 0.15) is 24.8 Å². The Morgan fingerprint density at radius 1 is 1.05 bits per heavy atom. The zero-order valence-electron chi connectivity index (χ0n) is 13.1. The van der Waals surface area contributed by atoms with Crippen LogP contribution in [0.3, 0.4) is 0 Å². The van der Waals surface area contributed by atoms with Crippen molar-refractivity contribution in [1.29, 1.82) is 0 Å². The van der Waals surface area contributed by atoms with Gasteiger partial charge in [-0.05, 0) is 62.7 Å². The molecular weight excluding hydrogens is 272 g/mol. The van der Waals surface area contributed by atoms with Crippen LogP contribution in [0.2, 0.25) is 0 Å². The van der Waals surface area contributed by atoms with Crippen molar-refractivity contribution in [1.82, 2.24) is 19.6 Å². The van der Waals surface area contributed by atoms with E-state index in [1.54, 1.807) is 0 Å². The third-order valence-corrected chi connectivity index (χ3v) is 5.00. The Bertz CT molecular complexity index is 590. The molecule has 2 aliphatic heterocycles. The highest BCUT2D eigenvalue weighted by Gasteiger charge is 2.28. The second-order valence-electron chi connectivity index (χ2n) is 6.54. The highest BCUT2D eigenvalue weighted by Crippen LogP contribution is 2.22. The fourth-order valence-corrected chi connectivity index (χ4v) is 3.86. The van der Waals surface area contributed by atoms with Crippen LogP contribution in [0.25, 0.3) is 5.69 Å². The van der Waals surface area contributed by atoms with Crippen LogP contribution in [0, 0.1) is 0 Å². The van der Waals surface area contributed by atoms with Gasteiger partial charge in [0.05, 0.1) is 5.69 Å². The molecule has 0 radical (unpaired) electrons. The normalized spacial score (nSPS) is 23.4. The predicted molar refractivity (Wildman–Crippen MR) is 88.1 cm³/mol. The molecule has 1 aromatic carbocycles. The zero-order valence-corrected chi connectivity index (χ0v) is 13.1. The van der Waals surface area contributed by atoms with E-state index in [1.165, 1.54) is 51.0 Å². The molecule has 3 heterocycles. The lowest BCUT2D eigenvalue weighted by Crippen LogP contribution is -2.36. The van der Waals surface area contributed by atoms with E-state index in [0.29, 0.717) is 0 Å². The molecule has 0 N–H and O–H groups in total. The second kappa shape index (κ2) is 6.23. The number of rotatable bonds is 3. The first-order valence-corrected chi connectivity index (χ1v) is 8.44. The molecule has 2 fully saturated rings. The van der Waals surface area contributed by atoms with Gasteiger partial charge in [-0.1, -0.05) is 12.1 Å². The average molecular weight is 296 g/mol. The van der Waals surface area contributed by atoms with Gasteiger partial charge in [0.1, 0.15) is 0 Å². The van der Waals surface area contributed by atoms with Crippen molar-refractivity contribution in [3.05, 3.63) is 48.3 Å². The summed E-state index contributed by atoms with van der Waals surface area (Å²) in [7, 11) is 0. The quantitative estimate of drug-likeness (QED) is 0.870. The van der Waals surface area contributed by atoms with E-state index in [-0.39, 0.29) is 0 Å². The van der Waals surface area contributed by atoms with Crippen LogP contribution >= 0.6 is 0 Å². The van der Waals surface area contributed by atoms with Gasteiger partial charge in [-0.25, -0.2) is 4.68 Å². The number of fused-ring (bicyclic) bond motifs is 1. The molecule has 0 aliphatic carbocycles. The molecule has 2 aliphatic rings. The number of hydrogen-bond acceptors (Lipinski definition) is 3. The summed E-state index contributed by atoms with van der Waals surface area (Å²) in [5.41, 5.74) is 2.54. The Morgan fingerprint density at radius 2 is 1.91 bits per heavy atom. The van der Waals surface area contributed by atoms with Gasteiger partial charge in [-0.15, -0.1) is 0 Å². The molecule has 2 saturated heterocycles. The van der Waals surface area contributed by atoms with Gasteiger partial charge in [0.15, 0.2) is 0 Å². The molecule has 4 rings (SSSR count). The third-order valence-electron chi connectivity index (χ3n) is 5.00. The van der Waals surface area contributed by atoms with Crippen molar-refractivity contribution in [3.8, 4) is 5.69 Å². The van der Waals surface area contributed by atoms with Gasteiger partial charge in [-0.3, -0.25) is 9.80 Å². The second-order valence-corrected chi connectivity index (χ2v) is 6.54. The van der Waals surface area contributed by atoms with E-state index >= 15 is 0 Å². The summed E-state index contributed by atoms with van der Waals surface area (Å²) < 4.78 is 1.91. The molecule has 0 saturated carbocycles. The van der Waals surface area contributed by atoms with E-state index < -0.39 is 0 Å². The molecule has 0 unspecified atom stereocenters. The molecule has 1 aromatic heterocycles. The number of benzene rings is 1. The van der Waals surface area contributed by atoms with Gasteiger partial charge in [0.25, 0.3) is 0 Å². The molecule has 4 nitrogen and oxygen atoms in total. The van der Waals surface area contributed by atoms with Crippen molar-refractivity contribution in [2.75, 3.05) is 26.2 Å². The molecule has 22 heavy (non-hydrogen) atoms. The van der Waals surface area contributed by atoms with Crippen molar-refractivity contribution in [2.24, 2.45) is 0 Å². The molecule has 116 valence electrons. The van der Waals surface area contributed by atoms with Crippen LogP contribution in [0.4, 0.5) is 0 Å². The lowest BCUT2D eigenvalue weighted by molar-refractivity contribution is 0.215. The minimum Gasteiger partial charge on any atom is -0.299 e. The van der Waals surface area contributed by atoms with Crippen molar-refractivity contribution >= 4 is 0 Å². The Balaban J connectivity index is 1.42. The molecule has 0 spiro atoms. The van der Waals surface area contributed by atoms with E-state index in [2.05, 4.69) is 39.2 Å². The SMILES string of the molecule is c1cnn(-c2ccc(CN3CCCN4CCC[C@H]4C3)cc2)c1. The Hall–Kier alpha value is -1.65. The summed E-state index contributed by atoms with van der Waals surface area (Å²) in [5, 5.41) is 4.28. The van der Waals surface area contributed by atoms with Crippen molar-refractivity contribution < 1.29 is 0 Å². The maximum absolute atomic E-state index is 4.28. The van der Waals surface area contributed by atoms with E-state index in [0.717, 1.165) is 18.3 Å². The molecule has 4 heteroatoms. The summed E-state index contributed by atoms with van der Waals surface area (Å²) in [4.78, 5) is 5.33. The maximum Gasteiger partial charge on any atom is 0.0645 e. The third kappa shape index (κ3) is 2.94. The van der Waals surface area contributed by atoms with Gasteiger partial charge in [0.2, 0.25) is 0 Å². The summed E-state index contributed by atoms with van der Waals surface area (Å²) in [6.45, 7) is 6.15. The molecule has 2 aromatic rings. The largest absolute Gasteiger partial charge is 0.299 e. The Kier molecular flexibility index (Phi) is 3.95. The van der Waals surface area contributed by atoms with Crippen molar-refractivity contribution in [2.45, 2.75) is 31.8 Å². The topological polar surface area (TPSA) is 24.3 Å². The Morgan fingerprint density at radius 3 is 2.73 bits per heavy atom. The highest BCUT2D eigenvalue weighted by molar-refractivity contribution is 5.33. The van der Waals surface area contributed by atoms with Crippen LogP contribution in [0.15, 0.2) is 42.7 Å². The molecule has 1 atom stereocenters. The fourth-order valence-electron chi connectivity index (χ4n) is 3.86. The van der Waals surface area contributed by atoms with Crippen LogP contribution in [0.5, 0.6) is 0 Å². The molecule has 0 bridgehead atoms. The standard InChI is InChI=1S/C18H24N4/c1-4-18-15-20(10-3-12-21(18)11-1)14-16-5-7-17(8-6-16)22-13-2-9-19-22/h2,5-9,13,18H,1,3-4,10-12,14-15H2/t18-/m0/s1. The van der Waals surface area contributed by atoms with Gasteiger partial charge < -0.3 is 0 Å². The average Bonchev–Trinajstić information content (AvgIpc) is 3.18. The first kappa shape index (κ1) is 14.0. The summed E-state index contributed by atoms with van der Waals surface area (Å²) >= 11 is 0. The minimum absolute atomic E-state index is 0.797. The fraction of sp³-hybridized carbons (Fsp3) is 0.500. The highest BCUT2D eigenvalue weighted by atomic mass is 15.3. The summed E-state index contributed by atoms with van der Waals surface area (Å²) in [6.07, 6.45) is 7.88. The maximum atomic E-state index is 4.28. The van der Waals surface area contributed by atoms with Gasteiger partial charge in [-0.2, -0.15) is 5.10 Å². The summed E-state index contributed by atoms with van der Waals surface area (Å²) in [6, 6.07) is 11.6. The first-order valence-electron chi connectivity index (χ1n) is 8.44. The lowest BCUT2D eigenvalue weighted by atomic mass is 10.1. The van der Waals surface area contributed by atoms with Crippen LogP contribution < -0.4 is 0 Å². The van der Waals surface area contributed by atoms with Gasteiger partial charge in [0, 0.05) is 31.5 Å². The van der Waals surface area contributed by atoms with Crippen molar-refractivity contribution in [3.63, 3.8) is 0 Å². The number of nitrogens with zero attached hydrogens (tertiary/aromatic N) is 4. The zero-order chi connectivity index (χ0) is 14.8. The van der Waals surface area contributed by atoms with E-state index in [4.69, 9.17) is 0 Å². The smallest absolute Gasteiger partial charge is 0.0645 e.